The van der Waals surface area contributed by atoms with Crippen LogP contribution in [0.25, 0.3) is 0 Å². The normalized spacial score (nSPS) is 15.5. The van der Waals surface area contributed by atoms with Gasteiger partial charge in [0, 0.05) is 42.8 Å². The van der Waals surface area contributed by atoms with E-state index in [0.29, 0.717) is 35.3 Å². The number of nitrogens with one attached hydrogen (secondary N) is 1. The molecule has 0 spiro atoms. The summed E-state index contributed by atoms with van der Waals surface area (Å²) in [4.78, 5) is 14.7. The van der Waals surface area contributed by atoms with Crippen LogP contribution in [0.15, 0.2) is 42.5 Å². The van der Waals surface area contributed by atoms with Crippen molar-refractivity contribution >= 4 is 38.9 Å². The third kappa shape index (κ3) is 5.95. The lowest BCUT2D eigenvalue weighted by molar-refractivity contribution is -0.121. The van der Waals surface area contributed by atoms with Crippen molar-refractivity contribution in [2.45, 2.75) is 45.6 Å². The second-order valence-corrected chi connectivity index (χ2v) is 10.7. The summed E-state index contributed by atoms with van der Waals surface area (Å²) in [6, 6.07) is 14.2. The molecule has 1 N–H and O–H groups in total. The maximum Gasteiger partial charge on any atom is 0.232 e. The molecule has 0 saturated carbocycles. The van der Waals surface area contributed by atoms with Crippen LogP contribution in [0.2, 0.25) is 5.02 Å². The highest BCUT2D eigenvalue weighted by Gasteiger charge is 2.24. The van der Waals surface area contributed by atoms with E-state index in [9.17, 15) is 13.2 Å². The fraction of sp³-hybridized carbons (Fsp3) is 0.458. The molecule has 0 unspecified atom stereocenters. The van der Waals surface area contributed by atoms with Crippen molar-refractivity contribution in [3.05, 3.63) is 58.6 Å². The van der Waals surface area contributed by atoms with Crippen molar-refractivity contribution in [2.75, 3.05) is 35.1 Å². The molecule has 1 amide bonds. The van der Waals surface area contributed by atoms with Crippen LogP contribution in [-0.4, -0.2) is 46.3 Å². The molecule has 1 aliphatic heterocycles. The molecule has 2 aromatic carbocycles. The topological polar surface area (TPSA) is 69.7 Å². The van der Waals surface area contributed by atoms with Crippen molar-refractivity contribution in [3.63, 3.8) is 0 Å². The van der Waals surface area contributed by atoms with Crippen LogP contribution in [0, 0.1) is 6.92 Å². The SMILES string of the molecule is Cc1c(Cl)cccc1N(CCCC(=O)NCCCN1c2ccccc2C[C@@H]1C)S(C)(=O)=O. The Kier molecular flexibility index (Phi) is 8.06. The number of halogens is 1. The summed E-state index contributed by atoms with van der Waals surface area (Å²) >= 11 is 6.16. The smallest absolute Gasteiger partial charge is 0.232 e. The van der Waals surface area contributed by atoms with Gasteiger partial charge < -0.3 is 10.2 Å². The average Bonchev–Trinajstić information content (AvgIpc) is 3.05. The van der Waals surface area contributed by atoms with Crippen LogP contribution in [0.1, 0.15) is 37.3 Å². The van der Waals surface area contributed by atoms with E-state index in [-0.39, 0.29) is 18.9 Å². The molecule has 6 nitrogen and oxygen atoms in total. The van der Waals surface area contributed by atoms with E-state index < -0.39 is 10.0 Å². The quantitative estimate of drug-likeness (QED) is 0.522. The Labute approximate surface area is 196 Å². The Hall–Kier alpha value is -2.25. The summed E-state index contributed by atoms with van der Waals surface area (Å²) in [5, 5.41) is 3.48. The van der Waals surface area contributed by atoms with E-state index in [1.807, 2.05) is 0 Å². The molecule has 2 aromatic rings. The Bertz CT molecular complexity index is 1060. The van der Waals surface area contributed by atoms with Crippen LogP contribution < -0.4 is 14.5 Å². The van der Waals surface area contributed by atoms with Crippen molar-refractivity contribution in [3.8, 4) is 0 Å². The molecule has 32 heavy (non-hydrogen) atoms. The van der Waals surface area contributed by atoms with Gasteiger partial charge in [-0.1, -0.05) is 35.9 Å². The number of benzene rings is 2. The van der Waals surface area contributed by atoms with Gasteiger partial charge in [0.1, 0.15) is 0 Å². The number of carbonyl (C=O) groups excluding carboxylic acids is 1. The highest BCUT2D eigenvalue weighted by molar-refractivity contribution is 7.92. The predicted octanol–water partition coefficient (Wildman–Crippen LogP) is 4.15. The number of hydrogen-bond donors (Lipinski definition) is 1. The Morgan fingerprint density at radius 3 is 2.69 bits per heavy atom. The summed E-state index contributed by atoms with van der Waals surface area (Å²) in [5.74, 6) is -0.0591. The molecular weight excluding hydrogens is 446 g/mol. The standard InChI is InChI=1S/C24H32ClN3O3S/c1-18-17-20-9-4-5-11-23(20)27(18)15-8-14-26-24(29)13-7-16-28(32(3,30)31)22-12-6-10-21(25)19(22)2/h4-6,9-12,18H,7-8,13-17H2,1-3H3,(H,26,29)/t18-/m0/s1. The minimum Gasteiger partial charge on any atom is -0.368 e. The number of nitrogens with zero attached hydrogens (tertiary/aromatic N) is 2. The number of para-hydroxylation sites is 1. The summed E-state index contributed by atoms with van der Waals surface area (Å²) in [6.07, 6.45) is 3.80. The van der Waals surface area contributed by atoms with Gasteiger partial charge >= 0.3 is 0 Å². The highest BCUT2D eigenvalue weighted by atomic mass is 35.5. The number of fused-ring (bicyclic) bond motifs is 1. The molecule has 1 heterocycles. The van der Waals surface area contributed by atoms with Gasteiger partial charge in [-0.3, -0.25) is 9.10 Å². The minimum atomic E-state index is -3.48. The third-order valence-electron chi connectivity index (χ3n) is 5.92. The summed E-state index contributed by atoms with van der Waals surface area (Å²) in [6.45, 7) is 5.76. The van der Waals surface area contributed by atoms with Crippen LogP contribution in [0.3, 0.4) is 0 Å². The van der Waals surface area contributed by atoms with Gasteiger partial charge in [0.15, 0.2) is 0 Å². The van der Waals surface area contributed by atoms with Crippen LogP contribution in [0.4, 0.5) is 11.4 Å². The first-order valence-electron chi connectivity index (χ1n) is 11.0. The second-order valence-electron chi connectivity index (χ2n) is 8.40. The zero-order valence-corrected chi connectivity index (χ0v) is 20.5. The van der Waals surface area contributed by atoms with Crippen LogP contribution >= 0.6 is 11.6 Å². The molecule has 174 valence electrons. The molecule has 1 aliphatic rings. The molecule has 0 radical (unpaired) electrons. The van der Waals surface area contributed by atoms with E-state index >= 15 is 0 Å². The summed E-state index contributed by atoms with van der Waals surface area (Å²) < 4.78 is 25.9. The first-order chi connectivity index (χ1) is 15.2. The number of sulfonamides is 1. The van der Waals surface area contributed by atoms with Crippen molar-refractivity contribution < 1.29 is 13.2 Å². The van der Waals surface area contributed by atoms with Gasteiger partial charge in [-0.15, -0.1) is 0 Å². The molecule has 8 heteroatoms. The monoisotopic (exact) mass is 477 g/mol. The van der Waals surface area contributed by atoms with Gasteiger partial charge in [0.25, 0.3) is 0 Å². The van der Waals surface area contributed by atoms with E-state index in [4.69, 9.17) is 11.6 Å². The largest absolute Gasteiger partial charge is 0.368 e. The van der Waals surface area contributed by atoms with Gasteiger partial charge in [0.2, 0.25) is 15.9 Å². The maximum atomic E-state index is 12.3. The first kappa shape index (κ1) is 24.4. The molecule has 0 bridgehead atoms. The molecule has 0 aromatic heterocycles. The van der Waals surface area contributed by atoms with Crippen molar-refractivity contribution in [1.29, 1.82) is 0 Å². The molecule has 3 rings (SSSR count). The molecule has 0 saturated heterocycles. The number of amides is 1. The number of carbonyl (C=O) groups is 1. The maximum absolute atomic E-state index is 12.3. The van der Waals surface area contributed by atoms with Gasteiger partial charge in [0.05, 0.1) is 11.9 Å². The van der Waals surface area contributed by atoms with Crippen LogP contribution in [0.5, 0.6) is 0 Å². The summed E-state index contributed by atoms with van der Waals surface area (Å²) in [7, 11) is -3.48. The van der Waals surface area contributed by atoms with Gasteiger partial charge in [-0.2, -0.15) is 0 Å². The predicted molar refractivity (Wildman–Crippen MR) is 132 cm³/mol. The molecule has 0 fully saturated rings. The fourth-order valence-electron chi connectivity index (χ4n) is 4.25. The zero-order chi connectivity index (χ0) is 23.3. The Morgan fingerprint density at radius 1 is 1.19 bits per heavy atom. The Morgan fingerprint density at radius 2 is 1.94 bits per heavy atom. The van der Waals surface area contributed by atoms with E-state index in [2.05, 4.69) is 41.4 Å². The number of anilines is 2. The zero-order valence-electron chi connectivity index (χ0n) is 19.0. The Balaban J connectivity index is 1.44. The van der Waals surface area contributed by atoms with Crippen molar-refractivity contribution in [1.82, 2.24) is 5.32 Å². The lowest BCUT2D eigenvalue weighted by atomic mass is 10.1. The van der Waals surface area contributed by atoms with E-state index in [1.54, 1.807) is 25.1 Å². The second kappa shape index (κ2) is 10.6. The number of hydrogen-bond acceptors (Lipinski definition) is 4. The van der Waals surface area contributed by atoms with Crippen molar-refractivity contribution in [2.24, 2.45) is 0 Å². The minimum absolute atomic E-state index is 0.0591. The molecular formula is C24H32ClN3O3S. The van der Waals surface area contributed by atoms with Crippen LogP contribution in [-0.2, 0) is 21.2 Å². The number of rotatable bonds is 10. The lowest BCUT2D eigenvalue weighted by Crippen LogP contribution is -2.34. The highest BCUT2D eigenvalue weighted by Crippen LogP contribution is 2.31. The van der Waals surface area contributed by atoms with Gasteiger partial charge in [-0.25, -0.2) is 8.42 Å². The third-order valence-corrected chi connectivity index (χ3v) is 7.51. The van der Waals surface area contributed by atoms with E-state index in [1.165, 1.54) is 21.8 Å². The molecule has 1 atom stereocenters. The van der Waals surface area contributed by atoms with Gasteiger partial charge in [-0.05, 0) is 62.4 Å². The summed E-state index contributed by atoms with van der Waals surface area (Å²) in [5.41, 5.74) is 3.94. The fourth-order valence-corrected chi connectivity index (χ4v) is 5.44. The first-order valence-corrected chi connectivity index (χ1v) is 13.2. The lowest BCUT2D eigenvalue weighted by Gasteiger charge is -2.25. The molecule has 0 aliphatic carbocycles. The van der Waals surface area contributed by atoms with E-state index in [0.717, 1.165) is 19.4 Å². The average molecular weight is 478 g/mol.